The van der Waals surface area contributed by atoms with Crippen LogP contribution in [0, 0.1) is 18.8 Å². The van der Waals surface area contributed by atoms with Crippen LogP contribution in [0.25, 0.3) is 0 Å². The zero-order valence-electron chi connectivity index (χ0n) is 24.2. The smallest absolute Gasteiger partial charge is 0.273 e. The largest absolute Gasteiger partial charge is 0.353 e. The van der Waals surface area contributed by atoms with E-state index in [0.717, 1.165) is 39.4 Å². The third kappa shape index (κ3) is 6.74. The van der Waals surface area contributed by atoms with Crippen molar-refractivity contribution in [3.05, 3.63) is 64.6 Å². The first kappa shape index (κ1) is 28.9. The number of amides is 3. The van der Waals surface area contributed by atoms with E-state index in [2.05, 4.69) is 26.7 Å². The van der Waals surface area contributed by atoms with Gasteiger partial charge in [0.1, 0.15) is 5.69 Å². The molecule has 1 aromatic carbocycles. The highest BCUT2D eigenvalue weighted by molar-refractivity contribution is 8.00. The van der Waals surface area contributed by atoms with Gasteiger partial charge < -0.3 is 20.1 Å². The minimum atomic E-state index is -0.196. The van der Waals surface area contributed by atoms with Gasteiger partial charge >= 0.3 is 0 Å². The fourth-order valence-corrected chi connectivity index (χ4v) is 8.39. The van der Waals surface area contributed by atoms with E-state index in [9.17, 15) is 14.4 Å². The molecule has 3 amide bonds. The fourth-order valence-electron chi connectivity index (χ4n) is 6.59. The predicted molar refractivity (Wildman–Crippen MR) is 166 cm³/mol. The van der Waals surface area contributed by atoms with Crippen molar-refractivity contribution >= 4 is 46.0 Å². The predicted octanol–water partition coefficient (Wildman–Crippen LogP) is 4.91. The number of rotatable bonds is 9. The highest BCUT2D eigenvalue weighted by Crippen LogP contribution is 2.44. The summed E-state index contributed by atoms with van der Waals surface area (Å²) < 4.78 is 0.988. The number of thiazole rings is 1. The number of hydrogen-bond acceptors (Lipinski definition) is 7. The quantitative estimate of drug-likeness (QED) is 0.299. The number of piperazine rings is 1. The second kappa shape index (κ2) is 12.6. The molecule has 1 saturated heterocycles. The van der Waals surface area contributed by atoms with Crippen molar-refractivity contribution in [1.29, 1.82) is 0 Å². The van der Waals surface area contributed by atoms with Crippen molar-refractivity contribution in [3.8, 4) is 0 Å². The molecule has 2 aliphatic carbocycles. The van der Waals surface area contributed by atoms with E-state index in [1.54, 1.807) is 29.8 Å². The lowest BCUT2D eigenvalue weighted by molar-refractivity contribution is -0.130. The van der Waals surface area contributed by atoms with Crippen LogP contribution in [0.3, 0.4) is 0 Å². The fraction of sp³-hybridized carbons (Fsp3) is 0.484. The number of anilines is 1. The van der Waals surface area contributed by atoms with E-state index in [1.807, 2.05) is 36.1 Å². The van der Waals surface area contributed by atoms with Crippen molar-refractivity contribution in [3.63, 3.8) is 0 Å². The molecule has 3 fully saturated rings. The van der Waals surface area contributed by atoms with Gasteiger partial charge in [0.2, 0.25) is 5.91 Å². The summed E-state index contributed by atoms with van der Waals surface area (Å²) in [5.41, 5.74) is 4.32. The van der Waals surface area contributed by atoms with Crippen LogP contribution in [0.1, 0.15) is 70.3 Å². The molecule has 2 unspecified atom stereocenters. The number of H-pyrrole nitrogens is 1. The Bertz CT molecular complexity index is 1460. The van der Waals surface area contributed by atoms with Crippen LogP contribution < -0.4 is 10.6 Å². The number of aryl methyl sites for hydroxylation is 1. The van der Waals surface area contributed by atoms with Crippen molar-refractivity contribution in [1.82, 2.24) is 25.1 Å². The minimum Gasteiger partial charge on any atom is -0.353 e. The van der Waals surface area contributed by atoms with Crippen LogP contribution in [0.2, 0.25) is 0 Å². The van der Waals surface area contributed by atoms with Crippen molar-refractivity contribution < 1.29 is 14.4 Å². The first-order valence-electron chi connectivity index (χ1n) is 14.8. The second-order valence-corrected chi connectivity index (χ2v) is 14.1. The van der Waals surface area contributed by atoms with Crippen LogP contribution >= 0.6 is 23.1 Å². The SMILES string of the molecule is CC(=O)N1CCN(C(=O)c2cc(C)cc(CSc3cnc(NC(=O)c4ccc(CN[C@H]5CC6CCC5C6)[nH]4)s3)c2)CC1. The Morgan fingerprint density at radius 1 is 1.07 bits per heavy atom. The molecule has 2 bridgehead atoms. The number of aromatic amines is 1. The van der Waals surface area contributed by atoms with Crippen molar-refractivity contribution in [2.24, 2.45) is 11.8 Å². The Hall–Kier alpha value is -3.15. The molecule has 6 rings (SSSR count). The number of nitrogens with zero attached hydrogens (tertiary/aromatic N) is 3. The highest BCUT2D eigenvalue weighted by atomic mass is 32.2. The Labute approximate surface area is 254 Å². The van der Waals surface area contributed by atoms with Gasteiger partial charge in [0.05, 0.1) is 10.4 Å². The van der Waals surface area contributed by atoms with E-state index in [-0.39, 0.29) is 17.7 Å². The minimum absolute atomic E-state index is 0.00438. The number of benzene rings is 1. The molecular formula is C31H38N6O3S2. The van der Waals surface area contributed by atoms with Gasteiger partial charge in [-0.25, -0.2) is 4.98 Å². The van der Waals surface area contributed by atoms with Gasteiger partial charge in [0, 0.05) is 62.7 Å². The first-order valence-corrected chi connectivity index (χ1v) is 16.6. The molecule has 11 heteroatoms. The normalized spacial score (nSPS) is 21.6. The molecule has 3 N–H and O–H groups in total. The molecule has 222 valence electrons. The zero-order valence-corrected chi connectivity index (χ0v) is 25.8. The first-order chi connectivity index (χ1) is 20.3. The average molecular weight is 607 g/mol. The van der Waals surface area contributed by atoms with Crippen LogP contribution in [-0.2, 0) is 17.1 Å². The van der Waals surface area contributed by atoms with E-state index >= 15 is 0 Å². The summed E-state index contributed by atoms with van der Waals surface area (Å²) in [5.74, 6) is 2.27. The third-order valence-corrected chi connectivity index (χ3v) is 10.9. The summed E-state index contributed by atoms with van der Waals surface area (Å²) in [6, 6.07) is 10.4. The lowest BCUT2D eigenvalue weighted by Crippen LogP contribution is -2.50. The number of carbonyl (C=O) groups is 3. The number of fused-ring (bicyclic) bond motifs is 2. The Morgan fingerprint density at radius 2 is 1.88 bits per heavy atom. The monoisotopic (exact) mass is 606 g/mol. The van der Waals surface area contributed by atoms with Gasteiger partial charge in [-0.2, -0.15) is 0 Å². The average Bonchev–Trinajstić information content (AvgIpc) is 3.80. The number of carbonyl (C=O) groups excluding carboxylic acids is 3. The zero-order chi connectivity index (χ0) is 29.2. The maximum absolute atomic E-state index is 13.2. The molecule has 3 heterocycles. The molecule has 1 aliphatic heterocycles. The lowest BCUT2D eigenvalue weighted by Gasteiger charge is -2.34. The molecule has 3 atom stereocenters. The van der Waals surface area contributed by atoms with Crippen LogP contribution in [0.15, 0.2) is 40.7 Å². The van der Waals surface area contributed by atoms with Crippen molar-refractivity contribution in [2.45, 2.75) is 62.1 Å². The van der Waals surface area contributed by atoms with E-state index in [0.29, 0.717) is 54.4 Å². The number of thioether (sulfide) groups is 1. The van der Waals surface area contributed by atoms with E-state index in [1.165, 1.54) is 37.0 Å². The summed E-state index contributed by atoms with van der Waals surface area (Å²) in [5, 5.41) is 7.16. The highest BCUT2D eigenvalue weighted by Gasteiger charge is 2.39. The van der Waals surface area contributed by atoms with Gasteiger partial charge in [-0.05, 0) is 67.9 Å². The summed E-state index contributed by atoms with van der Waals surface area (Å²) >= 11 is 3.07. The van der Waals surface area contributed by atoms with Crippen LogP contribution in [-0.4, -0.2) is 69.7 Å². The number of nitrogens with one attached hydrogen (secondary N) is 3. The van der Waals surface area contributed by atoms with E-state index < -0.39 is 0 Å². The Morgan fingerprint density at radius 3 is 2.62 bits per heavy atom. The summed E-state index contributed by atoms with van der Waals surface area (Å²) in [4.78, 5) is 48.9. The van der Waals surface area contributed by atoms with Gasteiger partial charge in [0.15, 0.2) is 5.13 Å². The van der Waals surface area contributed by atoms with Gasteiger partial charge in [-0.3, -0.25) is 19.7 Å². The molecule has 42 heavy (non-hydrogen) atoms. The molecule has 3 aliphatic rings. The third-order valence-electron chi connectivity index (χ3n) is 8.77. The molecule has 0 spiro atoms. The number of hydrogen-bond donors (Lipinski definition) is 3. The maximum atomic E-state index is 13.2. The van der Waals surface area contributed by atoms with Gasteiger partial charge in [-0.15, -0.1) is 11.8 Å². The molecule has 0 radical (unpaired) electrons. The second-order valence-electron chi connectivity index (χ2n) is 11.8. The standard InChI is InChI=1S/C31H38N6O3S2/c1-19-11-22(14-24(12-19)30(40)37-9-7-36(8-10-37)20(2)38)18-41-28-17-33-31(42-28)35-29(39)26-6-5-25(34-26)16-32-27-15-21-3-4-23(27)13-21/h5-6,11-12,14,17,21,23,27,32,34H,3-4,7-10,13,15-16,18H2,1-2H3,(H,33,35,39)/t21?,23?,27-/m0/s1. The Balaban J connectivity index is 0.991. The van der Waals surface area contributed by atoms with Crippen LogP contribution in [0.5, 0.6) is 0 Å². The van der Waals surface area contributed by atoms with Crippen molar-refractivity contribution in [2.75, 3.05) is 31.5 Å². The van der Waals surface area contributed by atoms with Crippen LogP contribution in [0.4, 0.5) is 5.13 Å². The molecule has 9 nitrogen and oxygen atoms in total. The van der Waals surface area contributed by atoms with Gasteiger partial charge in [0.25, 0.3) is 11.8 Å². The lowest BCUT2D eigenvalue weighted by atomic mass is 9.95. The summed E-state index contributed by atoms with van der Waals surface area (Å²) in [7, 11) is 0. The molecule has 2 aromatic heterocycles. The summed E-state index contributed by atoms with van der Waals surface area (Å²) in [6.45, 7) is 6.56. The Kier molecular flexibility index (Phi) is 8.69. The maximum Gasteiger partial charge on any atom is 0.273 e. The van der Waals surface area contributed by atoms with Gasteiger partial charge in [-0.1, -0.05) is 29.4 Å². The molecule has 3 aromatic rings. The topological polar surface area (TPSA) is 110 Å². The number of aromatic nitrogens is 2. The van der Waals surface area contributed by atoms with E-state index in [4.69, 9.17) is 0 Å². The molecular weight excluding hydrogens is 569 g/mol. The molecule has 2 saturated carbocycles. The summed E-state index contributed by atoms with van der Waals surface area (Å²) in [6.07, 6.45) is 7.18.